The van der Waals surface area contributed by atoms with Gasteiger partial charge in [-0.2, -0.15) is 0 Å². The van der Waals surface area contributed by atoms with E-state index in [0.717, 1.165) is 43.1 Å². The number of hydrogen-bond acceptors (Lipinski definition) is 7. The Hall–Kier alpha value is -2.61. The first kappa shape index (κ1) is 22.1. The quantitative estimate of drug-likeness (QED) is 0.750. The third-order valence-electron chi connectivity index (χ3n) is 4.68. The predicted molar refractivity (Wildman–Crippen MR) is 114 cm³/mol. The molecule has 0 aromatic carbocycles. The van der Waals surface area contributed by atoms with Crippen molar-refractivity contribution < 1.29 is 18.7 Å². The number of likely N-dealkylation sites (tertiary alicyclic amines) is 1. The number of hydrogen-bond donors (Lipinski definition) is 1. The second kappa shape index (κ2) is 9.47. The molecule has 1 aliphatic heterocycles. The van der Waals surface area contributed by atoms with Crippen molar-refractivity contribution >= 4 is 12.1 Å². The number of anilines is 1. The summed E-state index contributed by atoms with van der Waals surface area (Å²) in [5.41, 5.74) is 1.37. The number of aromatic nitrogens is 2. The van der Waals surface area contributed by atoms with Gasteiger partial charge in [-0.25, -0.2) is 15.1 Å². The number of piperidine rings is 1. The van der Waals surface area contributed by atoms with E-state index in [-0.39, 0.29) is 6.01 Å². The minimum absolute atomic E-state index is 0.152. The van der Waals surface area contributed by atoms with Crippen LogP contribution in [0.4, 0.5) is 10.8 Å². The van der Waals surface area contributed by atoms with Crippen LogP contribution in [0.5, 0.6) is 5.75 Å². The van der Waals surface area contributed by atoms with Crippen molar-refractivity contribution in [2.45, 2.75) is 59.6 Å². The SMILES string of the molecule is Cc1cc(OCC2CCCN(Cc3cnc(NC(=O)OC(C)(C)C)o3)C2)cc(C)n1. The largest absolute Gasteiger partial charge is 0.493 e. The van der Waals surface area contributed by atoms with Gasteiger partial charge in [0, 0.05) is 36.0 Å². The third-order valence-corrected chi connectivity index (χ3v) is 4.68. The Balaban J connectivity index is 1.48. The zero-order chi connectivity index (χ0) is 21.7. The minimum Gasteiger partial charge on any atom is -0.493 e. The minimum atomic E-state index is -0.576. The van der Waals surface area contributed by atoms with E-state index in [0.29, 0.717) is 24.8 Å². The normalized spacial score (nSPS) is 17.6. The molecule has 2 aromatic heterocycles. The molecule has 3 heterocycles. The van der Waals surface area contributed by atoms with Crippen molar-refractivity contribution in [3.05, 3.63) is 35.5 Å². The zero-order valence-corrected chi connectivity index (χ0v) is 18.5. The Kier molecular flexibility index (Phi) is 6.97. The highest BCUT2D eigenvalue weighted by Gasteiger charge is 2.23. The average molecular weight is 417 g/mol. The number of nitrogens with one attached hydrogen (secondary N) is 1. The summed E-state index contributed by atoms with van der Waals surface area (Å²) in [4.78, 5) is 22.7. The summed E-state index contributed by atoms with van der Waals surface area (Å²) >= 11 is 0. The molecule has 2 aromatic rings. The molecule has 1 atom stereocenters. The van der Waals surface area contributed by atoms with E-state index in [1.54, 1.807) is 27.0 Å². The lowest BCUT2D eigenvalue weighted by Gasteiger charge is -2.31. The molecule has 8 heteroatoms. The predicted octanol–water partition coefficient (Wildman–Crippen LogP) is 4.32. The van der Waals surface area contributed by atoms with Crippen molar-refractivity contribution in [2.75, 3.05) is 25.0 Å². The van der Waals surface area contributed by atoms with E-state index < -0.39 is 11.7 Å². The molecule has 0 aliphatic carbocycles. The van der Waals surface area contributed by atoms with Crippen LogP contribution in [0.2, 0.25) is 0 Å². The van der Waals surface area contributed by atoms with Gasteiger partial charge in [-0.1, -0.05) is 0 Å². The zero-order valence-electron chi connectivity index (χ0n) is 18.5. The summed E-state index contributed by atoms with van der Waals surface area (Å²) in [5, 5.41) is 2.53. The summed E-state index contributed by atoms with van der Waals surface area (Å²) in [7, 11) is 0. The molecule has 30 heavy (non-hydrogen) atoms. The van der Waals surface area contributed by atoms with Crippen LogP contribution in [0.3, 0.4) is 0 Å². The van der Waals surface area contributed by atoms with Gasteiger partial charge in [0.2, 0.25) is 0 Å². The van der Waals surface area contributed by atoms with Crippen molar-refractivity contribution in [3.63, 3.8) is 0 Å². The summed E-state index contributed by atoms with van der Waals surface area (Å²) in [6, 6.07) is 4.10. The van der Waals surface area contributed by atoms with Gasteiger partial charge in [0.15, 0.2) is 0 Å². The lowest BCUT2D eigenvalue weighted by atomic mass is 9.99. The van der Waals surface area contributed by atoms with Gasteiger partial charge in [0.05, 0.1) is 19.3 Å². The van der Waals surface area contributed by atoms with Crippen LogP contribution in [0.15, 0.2) is 22.7 Å². The van der Waals surface area contributed by atoms with Crippen molar-refractivity contribution in [2.24, 2.45) is 5.92 Å². The number of pyridine rings is 1. The van der Waals surface area contributed by atoms with Gasteiger partial charge in [0.1, 0.15) is 17.1 Å². The number of ether oxygens (including phenoxy) is 2. The fourth-order valence-corrected chi connectivity index (χ4v) is 3.57. The first-order chi connectivity index (χ1) is 14.2. The lowest BCUT2D eigenvalue weighted by Crippen LogP contribution is -2.37. The number of aryl methyl sites for hydroxylation is 2. The van der Waals surface area contributed by atoms with Crippen LogP contribution in [-0.2, 0) is 11.3 Å². The average Bonchev–Trinajstić information content (AvgIpc) is 3.04. The Bertz CT molecular complexity index is 839. The van der Waals surface area contributed by atoms with Crippen LogP contribution >= 0.6 is 0 Å². The van der Waals surface area contributed by atoms with E-state index in [2.05, 4.69) is 20.2 Å². The maximum absolute atomic E-state index is 11.8. The maximum atomic E-state index is 11.8. The Labute approximate surface area is 178 Å². The molecule has 8 nitrogen and oxygen atoms in total. The summed E-state index contributed by atoms with van der Waals surface area (Å²) < 4.78 is 16.9. The van der Waals surface area contributed by atoms with Crippen LogP contribution in [-0.4, -0.2) is 46.3 Å². The van der Waals surface area contributed by atoms with E-state index in [1.165, 1.54) is 0 Å². The Morgan fingerprint density at radius 2 is 2.03 bits per heavy atom. The molecule has 3 rings (SSSR count). The van der Waals surface area contributed by atoms with Gasteiger partial charge in [-0.05, 0) is 54.0 Å². The molecule has 164 valence electrons. The van der Waals surface area contributed by atoms with Gasteiger partial charge in [-0.3, -0.25) is 9.88 Å². The maximum Gasteiger partial charge on any atom is 0.415 e. The molecule has 0 spiro atoms. The first-order valence-corrected chi connectivity index (χ1v) is 10.4. The highest BCUT2D eigenvalue weighted by atomic mass is 16.6. The number of rotatable bonds is 6. The number of oxazole rings is 1. The molecule has 1 fully saturated rings. The molecule has 0 bridgehead atoms. The van der Waals surface area contributed by atoms with Crippen molar-refractivity contribution in [3.8, 4) is 5.75 Å². The second-order valence-corrected chi connectivity index (χ2v) is 8.90. The fourth-order valence-electron chi connectivity index (χ4n) is 3.57. The lowest BCUT2D eigenvalue weighted by molar-refractivity contribution is 0.0631. The van der Waals surface area contributed by atoms with Gasteiger partial charge in [0.25, 0.3) is 0 Å². The number of carbonyl (C=O) groups excluding carboxylic acids is 1. The number of amides is 1. The topological polar surface area (TPSA) is 89.7 Å². The Morgan fingerprint density at radius 1 is 1.30 bits per heavy atom. The van der Waals surface area contributed by atoms with E-state index >= 15 is 0 Å². The molecule has 0 saturated carbocycles. The fraction of sp³-hybridized carbons (Fsp3) is 0.591. The van der Waals surface area contributed by atoms with Gasteiger partial charge < -0.3 is 13.9 Å². The molecule has 1 amide bonds. The van der Waals surface area contributed by atoms with Crippen LogP contribution in [0, 0.1) is 19.8 Å². The Morgan fingerprint density at radius 3 is 2.73 bits per heavy atom. The molecular weight excluding hydrogens is 384 g/mol. The van der Waals surface area contributed by atoms with Crippen LogP contribution in [0.1, 0.15) is 50.8 Å². The number of carbonyl (C=O) groups is 1. The number of nitrogens with zero attached hydrogens (tertiary/aromatic N) is 3. The summed E-state index contributed by atoms with van der Waals surface area (Å²) in [6.07, 6.45) is 3.32. The van der Waals surface area contributed by atoms with E-state index in [9.17, 15) is 4.79 Å². The third kappa shape index (κ3) is 7.02. The molecule has 1 unspecified atom stereocenters. The standard InChI is InChI=1S/C22H32N4O4/c1-15-9-18(10-16(2)24-15)28-14-17-7-6-8-26(12-17)13-19-11-23-20(29-19)25-21(27)30-22(3,4)5/h9-11,17H,6-8,12-14H2,1-5H3,(H,23,25,27). The van der Waals surface area contributed by atoms with Crippen molar-refractivity contribution in [1.82, 2.24) is 14.9 Å². The van der Waals surface area contributed by atoms with Gasteiger partial charge in [-0.15, -0.1) is 0 Å². The van der Waals surface area contributed by atoms with E-state index in [4.69, 9.17) is 13.9 Å². The van der Waals surface area contributed by atoms with Crippen LogP contribution < -0.4 is 10.1 Å². The van der Waals surface area contributed by atoms with Crippen LogP contribution in [0.25, 0.3) is 0 Å². The first-order valence-electron chi connectivity index (χ1n) is 10.4. The second-order valence-electron chi connectivity index (χ2n) is 8.90. The monoisotopic (exact) mass is 416 g/mol. The molecule has 0 radical (unpaired) electrons. The summed E-state index contributed by atoms with van der Waals surface area (Å²) in [5.74, 6) is 2.04. The molecular formula is C22H32N4O4. The highest BCUT2D eigenvalue weighted by molar-refractivity contribution is 5.82. The highest BCUT2D eigenvalue weighted by Crippen LogP contribution is 2.22. The molecule has 1 saturated heterocycles. The van der Waals surface area contributed by atoms with E-state index in [1.807, 2.05) is 26.0 Å². The summed E-state index contributed by atoms with van der Waals surface area (Å²) in [6.45, 7) is 12.6. The molecule has 1 aliphatic rings. The van der Waals surface area contributed by atoms with Gasteiger partial charge >= 0.3 is 12.1 Å². The molecule has 1 N–H and O–H groups in total. The smallest absolute Gasteiger partial charge is 0.415 e. The van der Waals surface area contributed by atoms with Crippen molar-refractivity contribution in [1.29, 1.82) is 0 Å².